The van der Waals surface area contributed by atoms with E-state index in [-0.39, 0.29) is 12.1 Å². The van der Waals surface area contributed by atoms with Gasteiger partial charge in [0.2, 0.25) is 0 Å². The van der Waals surface area contributed by atoms with Gasteiger partial charge >= 0.3 is 12.1 Å². The Hall–Kier alpha value is -3.11. The van der Waals surface area contributed by atoms with Gasteiger partial charge in [-0.25, -0.2) is 9.78 Å². The summed E-state index contributed by atoms with van der Waals surface area (Å²) in [6.07, 6.45) is -0.738. The Kier molecular flexibility index (Phi) is 8.04. The van der Waals surface area contributed by atoms with E-state index in [0.29, 0.717) is 31.7 Å². The van der Waals surface area contributed by atoms with Crippen molar-refractivity contribution >= 4 is 17.3 Å². The molecule has 1 fully saturated rings. The zero-order chi connectivity index (χ0) is 27.8. The number of carbonyl (C=O) groups is 1. The summed E-state index contributed by atoms with van der Waals surface area (Å²) >= 11 is 0. The highest BCUT2D eigenvalue weighted by Gasteiger charge is 2.34. The van der Waals surface area contributed by atoms with Crippen LogP contribution in [0.1, 0.15) is 48.4 Å². The van der Waals surface area contributed by atoms with Crippen LogP contribution in [0.5, 0.6) is 0 Å². The molecule has 3 aromatic heterocycles. The molecule has 3 aromatic rings. The van der Waals surface area contributed by atoms with E-state index in [1.165, 1.54) is 4.90 Å². The molecule has 4 rings (SSSR count). The normalized spacial score (nSPS) is 16.3. The average molecular weight is 532 g/mol. The number of esters is 1. The molecule has 1 aliphatic heterocycles. The van der Waals surface area contributed by atoms with Crippen molar-refractivity contribution in [1.29, 1.82) is 0 Å². The fourth-order valence-corrected chi connectivity index (χ4v) is 5.30. The molecule has 38 heavy (non-hydrogen) atoms. The van der Waals surface area contributed by atoms with Crippen LogP contribution in [-0.4, -0.2) is 84.3 Å². The second kappa shape index (κ2) is 10.9. The van der Waals surface area contributed by atoms with Crippen LogP contribution in [-0.2, 0) is 4.74 Å². The zero-order valence-electron chi connectivity index (χ0n) is 22.8. The number of hydrogen-bond donors (Lipinski definition) is 0. The van der Waals surface area contributed by atoms with Gasteiger partial charge < -0.3 is 14.0 Å². The maximum absolute atomic E-state index is 13.2. The third kappa shape index (κ3) is 5.81. The SMILES string of the molecule is Cc1c(C(=O)OC(C)C)cc2c(-c3cccnc3N(C)C)ccn2c1C(C)N1CCN(CC(F)(F)F)CC1. The van der Waals surface area contributed by atoms with E-state index < -0.39 is 18.7 Å². The predicted octanol–water partition coefficient (Wildman–Crippen LogP) is 5.18. The molecule has 1 atom stereocenters. The van der Waals surface area contributed by atoms with E-state index in [9.17, 15) is 18.0 Å². The van der Waals surface area contributed by atoms with Crippen molar-refractivity contribution in [2.24, 2.45) is 0 Å². The Balaban J connectivity index is 1.80. The molecule has 1 unspecified atom stereocenters. The molecule has 4 heterocycles. The maximum atomic E-state index is 13.2. The number of nitrogens with zero attached hydrogens (tertiary/aromatic N) is 5. The van der Waals surface area contributed by atoms with Gasteiger partial charge in [-0.3, -0.25) is 9.80 Å². The first-order chi connectivity index (χ1) is 17.9. The van der Waals surface area contributed by atoms with Crippen LogP contribution in [0.25, 0.3) is 16.6 Å². The lowest BCUT2D eigenvalue weighted by Gasteiger charge is -2.39. The fourth-order valence-electron chi connectivity index (χ4n) is 5.30. The Bertz CT molecular complexity index is 1290. The quantitative estimate of drug-likeness (QED) is 0.392. The van der Waals surface area contributed by atoms with E-state index in [2.05, 4.69) is 14.3 Å². The van der Waals surface area contributed by atoms with E-state index in [1.54, 1.807) is 6.20 Å². The van der Waals surface area contributed by atoms with Crippen LogP contribution in [0.2, 0.25) is 0 Å². The second-order valence-corrected chi connectivity index (χ2v) is 10.4. The van der Waals surface area contributed by atoms with Crippen LogP contribution in [0.4, 0.5) is 19.0 Å². The number of ether oxygens (including phenoxy) is 1. The van der Waals surface area contributed by atoms with E-state index in [4.69, 9.17) is 4.74 Å². The summed E-state index contributed by atoms with van der Waals surface area (Å²) in [5, 5.41) is 0. The molecule has 1 saturated heterocycles. The number of hydrogen-bond acceptors (Lipinski definition) is 6. The molecule has 0 aliphatic carbocycles. The van der Waals surface area contributed by atoms with Gasteiger partial charge in [-0.15, -0.1) is 0 Å². The number of carbonyl (C=O) groups excluding carboxylic acids is 1. The highest BCUT2D eigenvalue weighted by molar-refractivity contribution is 5.96. The van der Waals surface area contributed by atoms with E-state index in [1.807, 2.05) is 77.2 Å². The van der Waals surface area contributed by atoms with Crippen LogP contribution in [0.15, 0.2) is 36.7 Å². The fraction of sp³-hybridized carbons (Fsp3) is 0.500. The summed E-state index contributed by atoms with van der Waals surface area (Å²) in [5.74, 6) is 0.414. The standard InChI is InChI=1S/C28H36F3N5O2/c1-18(2)38-27(37)23-16-24-21(22-8-7-10-32-26(22)33(5)6)9-11-36(24)25(19(23)3)20(4)35-14-12-34(13-15-35)17-28(29,30)31/h7-11,16,18,20H,12-15,17H2,1-6H3. The lowest BCUT2D eigenvalue weighted by molar-refractivity contribution is -0.149. The first kappa shape index (κ1) is 27.9. The predicted molar refractivity (Wildman–Crippen MR) is 143 cm³/mol. The summed E-state index contributed by atoms with van der Waals surface area (Å²) < 4.78 is 46.4. The third-order valence-corrected chi connectivity index (χ3v) is 7.07. The minimum Gasteiger partial charge on any atom is -0.459 e. The zero-order valence-corrected chi connectivity index (χ0v) is 22.8. The van der Waals surface area contributed by atoms with E-state index in [0.717, 1.165) is 33.7 Å². The van der Waals surface area contributed by atoms with Crippen molar-refractivity contribution in [3.8, 4) is 11.1 Å². The molecular weight excluding hydrogens is 495 g/mol. The number of alkyl halides is 3. The van der Waals surface area contributed by atoms with Gasteiger partial charge in [-0.1, -0.05) is 0 Å². The number of halogens is 3. The molecule has 0 spiro atoms. The summed E-state index contributed by atoms with van der Waals surface area (Å²) in [6.45, 7) is 8.37. The van der Waals surface area contributed by atoms with Crippen molar-refractivity contribution in [3.63, 3.8) is 0 Å². The minimum absolute atomic E-state index is 0.139. The second-order valence-electron chi connectivity index (χ2n) is 10.4. The molecule has 1 aliphatic rings. The highest BCUT2D eigenvalue weighted by atomic mass is 19.4. The molecule has 0 aromatic carbocycles. The Labute approximate surface area is 221 Å². The number of rotatable bonds is 7. The lowest BCUT2D eigenvalue weighted by Crippen LogP contribution is -2.49. The van der Waals surface area contributed by atoms with E-state index >= 15 is 0 Å². The monoisotopic (exact) mass is 531 g/mol. The van der Waals surface area contributed by atoms with Crippen LogP contribution in [0.3, 0.4) is 0 Å². The van der Waals surface area contributed by atoms with Crippen molar-refractivity contribution in [2.75, 3.05) is 51.7 Å². The molecule has 0 N–H and O–H groups in total. The number of anilines is 1. The van der Waals surface area contributed by atoms with Gasteiger partial charge in [0, 0.05) is 75.5 Å². The summed E-state index contributed by atoms with van der Waals surface area (Å²) in [6, 6.07) is 7.65. The molecule has 0 amide bonds. The molecule has 0 radical (unpaired) electrons. The largest absolute Gasteiger partial charge is 0.459 e. The van der Waals surface area contributed by atoms with Gasteiger partial charge in [-0.2, -0.15) is 13.2 Å². The van der Waals surface area contributed by atoms with Gasteiger partial charge in [-0.05, 0) is 57.5 Å². The number of aromatic nitrogens is 2. The smallest absolute Gasteiger partial charge is 0.401 e. The summed E-state index contributed by atoms with van der Waals surface area (Å²) in [5.41, 5.74) is 4.92. The van der Waals surface area contributed by atoms with Gasteiger partial charge in [0.05, 0.1) is 23.7 Å². The van der Waals surface area contributed by atoms with Crippen molar-refractivity contribution < 1.29 is 22.7 Å². The minimum atomic E-state index is -4.21. The molecular formula is C28H36F3N5O2. The Morgan fingerprint density at radius 3 is 2.39 bits per heavy atom. The molecule has 7 nitrogen and oxygen atoms in total. The van der Waals surface area contributed by atoms with Crippen molar-refractivity contribution in [3.05, 3.63) is 53.5 Å². The molecule has 10 heteroatoms. The maximum Gasteiger partial charge on any atom is 0.401 e. The molecule has 0 saturated carbocycles. The van der Waals surface area contributed by atoms with Crippen LogP contribution < -0.4 is 4.90 Å². The Morgan fingerprint density at radius 1 is 1.11 bits per heavy atom. The average Bonchev–Trinajstić information content (AvgIpc) is 3.25. The lowest BCUT2D eigenvalue weighted by atomic mass is 9.99. The first-order valence-electron chi connectivity index (χ1n) is 12.9. The van der Waals surface area contributed by atoms with Gasteiger partial charge in [0.1, 0.15) is 5.82 Å². The van der Waals surface area contributed by atoms with Crippen molar-refractivity contribution in [1.82, 2.24) is 19.2 Å². The molecule has 206 valence electrons. The number of fused-ring (bicyclic) bond motifs is 1. The first-order valence-corrected chi connectivity index (χ1v) is 12.9. The molecule has 0 bridgehead atoms. The third-order valence-electron chi connectivity index (χ3n) is 7.07. The topological polar surface area (TPSA) is 53.3 Å². The highest BCUT2D eigenvalue weighted by Crippen LogP contribution is 2.37. The number of piperazine rings is 1. The number of pyridine rings is 2. The van der Waals surface area contributed by atoms with Crippen molar-refractivity contribution in [2.45, 2.75) is 46.0 Å². The summed E-state index contributed by atoms with van der Waals surface area (Å²) in [4.78, 5) is 23.3. The van der Waals surface area contributed by atoms with Gasteiger partial charge in [0.25, 0.3) is 0 Å². The van der Waals surface area contributed by atoms with Crippen LogP contribution in [0, 0.1) is 6.92 Å². The summed E-state index contributed by atoms with van der Waals surface area (Å²) in [7, 11) is 3.87. The van der Waals surface area contributed by atoms with Crippen LogP contribution >= 0.6 is 0 Å². The van der Waals surface area contributed by atoms with Gasteiger partial charge in [0.15, 0.2) is 0 Å². The Morgan fingerprint density at radius 2 is 1.79 bits per heavy atom.